The van der Waals surface area contributed by atoms with Crippen molar-refractivity contribution >= 4 is 17.8 Å². The number of cyclic esters (lactones) is 1. The molecule has 8 nitrogen and oxygen atoms in total. The number of nitrogens with one attached hydrogen (secondary N) is 1. The average Bonchev–Trinajstić information content (AvgIpc) is 3.00. The van der Waals surface area contributed by atoms with Crippen LogP contribution in [0.1, 0.15) is 18.4 Å². The summed E-state index contributed by atoms with van der Waals surface area (Å²) in [6.07, 6.45) is 2.80. The van der Waals surface area contributed by atoms with E-state index in [0.29, 0.717) is 24.5 Å². The summed E-state index contributed by atoms with van der Waals surface area (Å²) >= 11 is 0. The van der Waals surface area contributed by atoms with Gasteiger partial charge in [-0.3, -0.25) is 9.69 Å². The molecule has 0 radical (unpaired) electrons. The summed E-state index contributed by atoms with van der Waals surface area (Å²) in [6, 6.07) is 5.73. The maximum atomic E-state index is 12.0. The van der Waals surface area contributed by atoms with E-state index >= 15 is 0 Å². The lowest BCUT2D eigenvalue weighted by Gasteiger charge is -2.33. The van der Waals surface area contributed by atoms with Crippen LogP contribution in [0.3, 0.4) is 0 Å². The van der Waals surface area contributed by atoms with Gasteiger partial charge >= 0.3 is 6.09 Å². The number of carbonyl (C=O) groups excluding carboxylic acids is 2. The van der Waals surface area contributed by atoms with Crippen molar-refractivity contribution in [3.8, 4) is 6.07 Å². The van der Waals surface area contributed by atoms with Crippen LogP contribution in [-0.4, -0.2) is 60.7 Å². The number of ether oxygens (including phenoxy) is 1. The van der Waals surface area contributed by atoms with Crippen molar-refractivity contribution in [3.63, 3.8) is 0 Å². The van der Waals surface area contributed by atoms with E-state index in [1.54, 1.807) is 18.3 Å². The van der Waals surface area contributed by atoms with Gasteiger partial charge in [0.05, 0.1) is 12.1 Å². The number of aromatic nitrogens is 1. The number of anilines is 1. The highest BCUT2D eigenvalue weighted by molar-refractivity contribution is 5.83. The molecule has 8 heteroatoms. The zero-order valence-corrected chi connectivity index (χ0v) is 13.3. The Morgan fingerprint density at radius 2 is 2.21 bits per heavy atom. The largest absolute Gasteiger partial charge is 0.448 e. The van der Waals surface area contributed by atoms with Crippen LogP contribution in [-0.2, 0) is 9.53 Å². The fourth-order valence-electron chi connectivity index (χ4n) is 2.99. The van der Waals surface area contributed by atoms with Crippen LogP contribution in [0.15, 0.2) is 18.3 Å². The lowest BCUT2D eigenvalue weighted by molar-refractivity contribution is -0.122. The third-order valence-electron chi connectivity index (χ3n) is 4.25. The molecule has 0 aromatic carbocycles. The maximum Gasteiger partial charge on any atom is 0.410 e. The molecule has 0 bridgehead atoms. The van der Waals surface area contributed by atoms with Crippen molar-refractivity contribution in [2.45, 2.75) is 18.9 Å². The number of amides is 2. The first kappa shape index (κ1) is 16.1. The van der Waals surface area contributed by atoms with Gasteiger partial charge in [0.1, 0.15) is 25.0 Å². The Labute approximate surface area is 140 Å². The van der Waals surface area contributed by atoms with E-state index in [4.69, 9.17) is 10.00 Å². The smallest absolute Gasteiger partial charge is 0.410 e. The van der Waals surface area contributed by atoms with Crippen molar-refractivity contribution in [1.29, 1.82) is 5.26 Å². The van der Waals surface area contributed by atoms with Gasteiger partial charge in [-0.1, -0.05) is 0 Å². The van der Waals surface area contributed by atoms with Crippen LogP contribution < -0.4 is 10.2 Å². The Bertz CT molecular complexity index is 664. The second-order valence-corrected chi connectivity index (χ2v) is 5.85. The van der Waals surface area contributed by atoms with Crippen molar-refractivity contribution < 1.29 is 14.3 Å². The number of carbonyl (C=O) groups is 2. The van der Waals surface area contributed by atoms with Crippen LogP contribution in [0.4, 0.5) is 10.6 Å². The Morgan fingerprint density at radius 1 is 1.42 bits per heavy atom. The number of hydrogen-bond donors (Lipinski definition) is 1. The van der Waals surface area contributed by atoms with Gasteiger partial charge in [-0.2, -0.15) is 5.26 Å². The Hall–Kier alpha value is -2.82. The van der Waals surface area contributed by atoms with Crippen LogP contribution in [0.2, 0.25) is 0 Å². The van der Waals surface area contributed by atoms with Crippen LogP contribution in [0.25, 0.3) is 0 Å². The van der Waals surface area contributed by atoms with Crippen molar-refractivity contribution in [3.05, 3.63) is 23.9 Å². The van der Waals surface area contributed by atoms with Crippen LogP contribution >= 0.6 is 0 Å². The molecular weight excluding hydrogens is 310 g/mol. The number of pyridine rings is 1. The molecule has 0 atom stereocenters. The molecule has 126 valence electrons. The van der Waals surface area contributed by atoms with E-state index in [2.05, 4.69) is 21.3 Å². The Balaban J connectivity index is 1.49. The highest BCUT2D eigenvalue weighted by atomic mass is 16.6. The van der Waals surface area contributed by atoms with E-state index in [9.17, 15) is 9.59 Å². The zero-order valence-electron chi connectivity index (χ0n) is 13.3. The van der Waals surface area contributed by atoms with Gasteiger partial charge < -0.3 is 15.0 Å². The average molecular weight is 329 g/mol. The van der Waals surface area contributed by atoms with Gasteiger partial charge in [0.25, 0.3) is 0 Å². The van der Waals surface area contributed by atoms with Crippen molar-refractivity contribution in [2.24, 2.45) is 0 Å². The molecule has 2 aliphatic heterocycles. The quantitative estimate of drug-likeness (QED) is 0.863. The summed E-state index contributed by atoms with van der Waals surface area (Å²) in [5, 5.41) is 12.1. The molecule has 2 amide bonds. The summed E-state index contributed by atoms with van der Waals surface area (Å²) in [6.45, 7) is 2.29. The minimum absolute atomic E-state index is 0.0396. The van der Waals surface area contributed by atoms with E-state index in [0.717, 1.165) is 25.9 Å². The summed E-state index contributed by atoms with van der Waals surface area (Å²) < 4.78 is 4.81. The Kier molecular flexibility index (Phi) is 4.79. The topological polar surface area (TPSA) is 98.6 Å². The van der Waals surface area contributed by atoms with Gasteiger partial charge in [0.2, 0.25) is 5.91 Å². The van der Waals surface area contributed by atoms with E-state index in [1.165, 1.54) is 4.90 Å². The molecule has 0 unspecified atom stereocenters. The third-order valence-corrected chi connectivity index (χ3v) is 4.25. The fourth-order valence-corrected chi connectivity index (χ4v) is 2.99. The van der Waals surface area contributed by atoms with Crippen molar-refractivity contribution in [1.82, 2.24) is 15.2 Å². The molecule has 3 rings (SSSR count). The standard InChI is InChI=1S/C16H19N5O3/c17-10-12-2-1-5-18-15(12)20-6-3-13(4-7-20)19-14(22)11-21-8-9-24-16(21)23/h1-2,5,13H,3-4,6-9,11H2,(H,19,22). The highest BCUT2D eigenvalue weighted by Crippen LogP contribution is 2.21. The van der Waals surface area contributed by atoms with Crippen LogP contribution in [0.5, 0.6) is 0 Å². The van der Waals surface area contributed by atoms with Gasteiger partial charge in [0.15, 0.2) is 0 Å². The van der Waals surface area contributed by atoms with Crippen molar-refractivity contribution in [2.75, 3.05) is 37.7 Å². The number of hydrogen-bond acceptors (Lipinski definition) is 6. The second-order valence-electron chi connectivity index (χ2n) is 5.85. The van der Waals surface area contributed by atoms with Gasteiger partial charge in [-0.05, 0) is 25.0 Å². The SMILES string of the molecule is N#Cc1cccnc1N1CCC(NC(=O)CN2CCOC2=O)CC1. The molecule has 2 aliphatic rings. The maximum absolute atomic E-state index is 12.0. The molecule has 2 saturated heterocycles. The molecule has 1 aromatic heterocycles. The third kappa shape index (κ3) is 3.56. The first-order valence-corrected chi connectivity index (χ1v) is 7.98. The van der Waals surface area contributed by atoms with E-state index in [-0.39, 0.29) is 18.5 Å². The summed E-state index contributed by atoms with van der Waals surface area (Å²) in [5.41, 5.74) is 0.563. The number of nitrogens with zero attached hydrogens (tertiary/aromatic N) is 4. The molecule has 0 aliphatic carbocycles. The molecule has 1 aromatic rings. The summed E-state index contributed by atoms with van der Waals surface area (Å²) in [5.74, 6) is 0.535. The highest BCUT2D eigenvalue weighted by Gasteiger charge is 2.27. The molecule has 0 spiro atoms. The number of piperidine rings is 1. The van der Waals surface area contributed by atoms with Gasteiger partial charge in [-0.25, -0.2) is 9.78 Å². The predicted molar refractivity (Wildman–Crippen MR) is 85.3 cm³/mol. The summed E-state index contributed by atoms with van der Waals surface area (Å²) in [7, 11) is 0. The fraction of sp³-hybridized carbons (Fsp3) is 0.500. The number of nitriles is 1. The Morgan fingerprint density at radius 3 is 2.88 bits per heavy atom. The molecule has 24 heavy (non-hydrogen) atoms. The predicted octanol–water partition coefficient (Wildman–Crippen LogP) is 0.490. The monoisotopic (exact) mass is 329 g/mol. The minimum Gasteiger partial charge on any atom is -0.448 e. The number of rotatable bonds is 4. The lowest BCUT2D eigenvalue weighted by atomic mass is 10.0. The normalized spacial score (nSPS) is 18.2. The van der Waals surface area contributed by atoms with Crippen LogP contribution in [0, 0.1) is 11.3 Å². The first-order valence-electron chi connectivity index (χ1n) is 7.98. The molecule has 2 fully saturated rings. The molecule has 1 N–H and O–H groups in total. The van der Waals surface area contributed by atoms with E-state index in [1.807, 2.05) is 0 Å². The van der Waals surface area contributed by atoms with Gasteiger partial charge in [-0.15, -0.1) is 0 Å². The molecule has 3 heterocycles. The first-order chi connectivity index (χ1) is 11.7. The second kappa shape index (κ2) is 7.17. The molecular formula is C16H19N5O3. The molecule has 0 saturated carbocycles. The minimum atomic E-state index is -0.431. The van der Waals surface area contributed by atoms with Gasteiger partial charge in [0, 0.05) is 25.3 Å². The van der Waals surface area contributed by atoms with E-state index < -0.39 is 6.09 Å². The summed E-state index contributed by atoms with van der Waals surface area (Å²) in [4.78, 5) is 31.1. The zero-order chi connectivity index (χ0) is 16.9. The lowest BCUT2D eigenvalue weighted by Crippen LogP contribution is -2.48.